The summed E-state index contributed by atoms with van der Waals surface area (Å²) in [6.45, 7) is 8.25. The summed E-state index contributed by atoms with van der Waals surface area (Å²) in [5.41, 5.74) is -1.54. The number of hydrogen-bond donors (Lipinski definition) is 2. The smallest absolute Gasteiger partial charge is 0.479 e. The highest BCUT2D eigenvalue weighted by atomic mass is 19.1. The molecule has 2 bridgehead atoms. The predicted molar refractivity (Wildman–Crippen MR) is 145 cm³/mol. The number of ether oxygens (including phenoxy) is 3. The summed E-state index contributed by atoms with van der Waals surface area (Å²) < 4.78 is 37.1. The SMILES string of the molecule is COCC(C)[C@@]1(O)CC[C@@H](OC(=O)COc2ccc3c(c2F)B(O)OC3)[C@]2(C)[C@H](C)CC[C@]3(CCC(=O)[C@H]32)[C@H]1C. The molecule has 1 aliphatic heterocycles. The monoisotopic (exact) mass is 560 g/mol. The molecule has 4 aliphatic rings. The second-order valence-electron chi connectivity index (χ2n) is 12.9. The Hall–Kier alpha value is -2.01. The number of carbonyl (C=O) groups excluding carboxylic acids is 2. The maximum atomic E-state index is 15.0. The molecule has 0 saturated heterocycles. The third-order valence-corrected chi connectivity index (χ3v) is 11.3. The molecule has 1 unspecified atom stereocenters. The highest BCUT2D eigenvalue weighted by Gasteiger charge is 2.68. The summed E-state index contributed by atoms with van der Waals surface area (Å²) in [4.78, 5) is 26.9. The number of halogens is 1. The van der Waals surface area contributed by atoms with E-state index in [1.807, 2.05) is 6.92 Å². The van der Waals surface area contributed by atoms with Gasteiger partial charge in [-0.2, -0.15) is 0 Å². The molecule has 3 saturated carbocycles. The third-order valence-electron chi connectivity index (χ3n) is 11.3. The van der Waals surface area contributed by atoms with Gasteiger partial charge in [0.05, 0.1) is 18.8 Å². The number of hydrogen-bond acceptors (Lipinski definition) is 8. The normalized spacial score (nSPS) is 37.8. The van der Waals surface area contributed by atoms with Gasteiger partial charge in [-0.1, -0.05) is 33.8 Å². The fourth-order valence-electron chi connectivity index (χ4n) is 8.81. The van der Waals surface area contributed by atoms with E-state index in [0.29, 0.717) is 31.4 Å². The number of methoxy groups -OCH3 is 1. The van der Waals surface area contributed by atoms with Crippen molar-refractivity contribution in [2.45, 2.75) is 84.5 Å². The molecule has 0 spiro atoms. The highest BCUT2D eigenvalue weighted by Crippen LogP contribution is 2.68. The van der Waals surface area contributed by atoms with Crippen LogP contribution in [0.15, 0.2) is 12.1 Å². The lowest BCUT2D eigenvalue weighted by atomic mass is 9.43. The zero-order chi connectivity index (χ0) is 29.0. The maximum absolute atomic E-state index is 15.0. The average Bonchev–Trinajstić information content (AvgIpc) is 3.48. The zero-order valence-corrected chi connectivity index (χ0v) is 24.2. The minimum Gasteiger partial charge on any atom is -0.479 e. The first-order valence-electron chi connectivity index (χ1n) is 14.6. The Kier molecular flexibility index (Phi) is 7.87. The average molecular weight is 560 g/mol. The fourth-order valence-corrected chi connectivity index (χ4v) is 8.81. The summed E-state index contributed by atoms with van der Waals surface area (Å²) in [6.07, 6.45) is 3.06. The molecule has 8 nitrogen and oxygen atoms in total. The summed E-state index contributed by atoms with van der Waals surface area (Å²) in [5.74, 6) is -1.94. The summed E-state index contributed by atoms with van der Waals surface area (Å²) in [7, 11) is 0.244. The predicted octanol–water partition coefficient (Wildman–Crippen LogP) is 3.18. The van der Waals surface area contributed by atoms with Crippen molar-refractivity contribution in [1.29, 1.82) is 0 Å². The van der Waals surface area contributed by atoms with Crippen molar-refractivity contribution in [1.82, 2.24) is 0 Å². The minimum atomic E-state index is -1.38. The standard InChI is InChI=1S/C30H42BFO8/c1-17-8-11-29-12-9-21(33)27(29)28(17,4)23(10-13-30(35,19(29)3)18(2)14-37-5)40-24(34)16-38-22-7-6-20-15-39-31(36)25(20)26(22)32/h6-7,17-19,23,27,35-36H,8-16H2,1-5H3/t17-,18?,19-,23-,27+,28+,29+,30+/m1/s1. The molecule has 220 valence electrons. The Bertz CT molecular complexity index is 1160. The van der Waals surface area contributed by atoms with Gasteiger partial charge in [-0.25, -0.2) is 9.18 Å². The van der Waals surface area contributed by atoms with E-state index < -0.39 is 42.6 Å². The topological polar surface area (TPSA) is 112 Å². The molecule has 1 aromatic carbocycles. The van der Waals surface area contributed by atoms with Crippen molar-refractivity contribution in [2.75, 3.05) is 20.3 Å². The Balaban J connectivity index is 1.42. The third kappa shape index (κ3) is 4.41. The van der Waals surface area contributed by atoms with Gasteiger partial charge in [0.15, 0.2) is 18.2 Å². The van der Waals surface area contributed by atoms with Gasteiger partial charge >= 0.3 is 13.1 Å². The molecule has 0 aromatic heterocycles. The first-order chi connectivity index (χ1) is 18.9. The van der Waals surface area contributed by atoms with Crippen LogP contribution >= 0.6 is 0 Å². The van der Waals surface area contributed by atoms with Crippen LogP contribution in [0.4, 0.5) is 4.39 Å². The van der Waals surface area contributed by atoms with E-state index in [4.69, 9.17) is 18.9 Å². The number of aliphatic hydroxyl groups is 1. The summed E-state index contributed by atoms with van der Waals surface area (Å²) in [5, 5.41) is 22.2. The van der Waals surface area contributed by atoms with E-state index in [9.17, 15) is 24.1 Å². The van der Waals surface area contributed by atoms with Crippen molar-refractivity contribution < 1.29 is 43.0 Å². The molecule has 0 radical (unpaired) electrons. The summed E-state index contributed by atoms with van der Waals surface area (Å²) in [6, 6.07) is 3.01. The second kappa shape index (κ2) is 10.7. The van der Waals surface area contributed by atoms with Gasteiger partial charge in [-0.15, -0.1) is 0 Å². The van der Waals surface area contributed by atoms with E-state index in [1.165, 1.54) is 6.07 Å². The number of Topliss-reactive ketones (excluding diaryl/α,β-unsaturated/α-hetero) is 1. The largest absolute Gasteiger partial charge is 0.494 e. The Labute approximate surface area is 236 Å². The van der Waals surface area contributed by atoms with Crippen molar-refractivity contribution in [3.05, 3.63) is 23.5 Å². The van der Waals surface area contributed by atoms with Crippen molar-refractivity contribution in [3.8, 4) is 5.75 Å². The van der Waals surface area contributed by atoms with Gasteiger partial charge < -0.3 is 29.0 Å². The van der Waals surface area contributed by atoms with E-state index in [0.717, 1.165) is 19.3 Å². The van der Waals surface area contributed by atoms with Crippen LogP contribution in [0.1, 0.15) is 71.8 Å². The van der Waals surface area contributed by atoms with Gasteiger partial charge in [-0.05, 0) is 61.0 Å². The fraction of sp³-hybridized carbons (Fsp3) is 0.733. The molecule has 10 heteroatoms. The lowest BCUT2D eigenvalue weighted by Gasteiger charge is -2.62. The molecule has 5 rings (SSSR count). The molecule has 0 amide bonds. The van der Waals surface area contributed by atoms with Gasteiger partial charge in [0.25, 0.3) is 0 Å². The van der Waals surface area contributed by atoms with Crippen molar-refractivity contribution in [2.24, 2.45) is 34.5 Å². The lowest BCUT2D eigenvalue weighted by molar-refractivity contribution is -0.218. The molecular formula is C30H42BFO8. The van der Waals surface area contributed by atoms with Crippen LogP contribution in [-0.2, 0) is 30.3 Å². The van der Waals surface area contributed by atoms with E-state index in [-0.39, 0.29) is 52.7 Å². The first kappa shape index (κ1) is 29.5. The van der Waals surface area contributed by atoms with Crippen LogP contribution in [0.5, 0.6) is 5.75 Å². The molecular weight excluding hydrogens is 518 g/mol. The van der Waals surface area contributed by atoms with Crippen LogP contribution < -0.4 is 10.2 Å². The van der Waals surface area contributed by atoms with Gasteiger partial charge in [0.1, 0.15) is 11.9 Å². The van der Waals surface area contributed by atoms with Gasteiger partial charge in [0.2, 0.25) is 0 Å². The quantitative estimate of drug-likeness (QED) is 0.387. The zero-order valence-electron chi connectivity index (χ0n) is 24.2. The van der Waals surface area contributed by atoms with Crippen molar-refractivity contribution >= 4 is 24.3 Å². The second-order valence-corrected chi connectivity index (χ2v) is 12.9. The van der Waals surface area contributed by atoms with Crippen LogP contribution in [0.3, 0.4) is 0 Å². The van der Waals surface area contributed by atoms with E-state index in [1.54, 1.807) is 13.2 Å². The number of esters is 1. The van der Waals surface area contributed by atoms with Crippen molar-refractivity contribution in [3.63, 3.8) is 0 Å². The molecule has 1 aromatic rings. The van der Waals surface area contributed by atoms with Crippen LogP contribution in [-0.4, -0.2) is 61.0 Å². The molecule has 40 heavy (non-hydrogen) atoms. The van der Waals surface area contributed by atoms with E-state index in [2.05, 4.69) is 20.8 Å². The van der Waals surface area contributed by atoms with Crippen LogP contribution in [0, 0.1) is 40.3 Å². The lowest BCUT2D eigenvalue weighted by Crippen LogP contribution is -2.64. The minimum absolute atomic E-state index is 0.0177. The molecule has 3 fully saturated rings. The number of rotatable bonds is 7. The van der Waals surface area contributed by atoms with Crippen LogP contribution in [0.25, 0.3) is 0 Å². The van der Waals surface area contributed by atoms with Crippen LogP contribution in [0.2, 0.25) is 0 Å². The maximum Gasteiger partial charge on any atom is 0.494 e. The Morgan fingerprint density at radius 3 is 2.73 bits per heavy atom. The molecule has 3 aliphatic carbocycles. The molecule has 2 N–H and O–H groups in total. The first-order valence-corrected chi connectivity index (χ1v) is 14.6. The van der Waals surface area contributed by atoms with E-state index >= 15 is 0 Å². The number of carbonyl (C=O) groups is 2. The van der Waals surface area contributed by atoms with Gasteiger partial charge in [-0.3, -0.25) is 4.79 Å². The van der Waals surface area contributed by atoms with Gasteiger partial charge in [0, 0.05) is 36.2 Å². The summed E-state index contributed by atoms with van der Waals surface area (Å²) >= 11 is 0. The Morgan fingerprint density at radius 2 is 2.00 bits per heavy atom. The molecule has 8 atom stereocenters. The number of fused-ring (bicyclic) bond motifs is 1. The number of benzene rings is 1. The molecule has 1 heterocycles. The Morgan fingerprint density at radius 1 is 1.25 bits per heavy atom. The number of ketones is 1. The highest BCUT2D eigenvalue weighted by molar-refractivity contribution is 6.61.